The van der Waals surface area contributed by atoms with Gasteiger partial charge in [0.25, 0.3) is 0 Å². The molecule has 0 atom stereocenters. The van der Waals surface area contributed by atoms with Crippen molar-refractivity contribution in [2.75, 3.05) is 7.11 Å². The first-order chi connectivity index (χ1) is 8.69. The molecule has 0 spiro atoms. The molecule has 0 amide bonds. The van der Waals surface area contributed by atoms with Crippen molar-refractivity contribution in [2.45, 2.75) is 26.8 Å². The van der Waals surface area contributed by atoms with E-state index in [0.29, 0.717) is 6.54 Å². The van der Waals surface area contributed by atoms with E-state index in [-0.39, 0.29) is 0 Å². The Morgan fingerprint density at radius 1 is 1.39 bits per heavy atom. The zero-order valence-electron chi connectivity index (χ0n) is 11.0. The molecule has 0 fully saturated rings. The van der Waals surface area contributed by atoms with Crippen molar-refractivity contribution in [1.29, 1.82) is 0 Å². The Morgan fingerprint density at radius 2 is 2.17 bits per heavy atom. The molecule has 1 aromatic carbocycles. The molecule has 0 saturated heterocycles. The van der Waals surface area contributed by atoms with E-state index in [2.05, 4.69) is 31.0 Å². The molecule has 3 nitrogen and oxygen atoms in total. The summed E-state index contributed by atoms with van der Waals surface area (Å²) < 4.78 is 5.42. The van der Waals surface area contributed by atoms with Gasteiger partial charge in [-0.2, -0.15) is 0 Å². The molecule has 1 aromatic heterocycles. The Bertz CT molecular complexity index is 549. The van der Waals surface area contributed by atoms with Crippen molar-refractivity contribution in [1.82, 2.24) is 4.98 Å². The summed E-state index contributed by atoms with van der Waals surface area (Å²) in [5.74, 6) is 0.865. The third-order valence-corrected chi connectivity index (χ3v) is 4.03. The quantitative estimate of drug-likeness (QED) is 0.920. The molecule has 0 unspecified atom stereocenters. The molecule has 4 heteroatoms. The Labute approximate surface area is 112 Å². The second-order valence-electron chi connectivity index (χ2n) is 4.11. The summed E-state index contributed by atoms with van der Waals surface area (Å²) in [6.07, 6.45) is 1.01. The van der Waals surface area contributed by atoms with Crippen molar-refractivity contribution >= 4 is 11.3 Å². The maximum absolute atomic E-state index is 5.68. The first-order valence-electron chi connectivity index (χ1n) is 6.03. The van der Waals surface area contributed by atoms with Crippen LogP contribution in [0.4, 0.5) is 0 Å². The van der Waals surface area contributed by atoms with Crippen LogP contribution in [-0.4, -0.2) is 12.1 Å². The van der Waals surface area contributed by atoms with Crippen LogP contribution < -0.4 is 10.5 Å². The van der Waals surface area contributed by atoms with Gasteiger partial charge in [-0.25, -0.2) is 4.98 Å². The van der Waals surface area contributed by atoms with Crippen LogP contribution in [0.2, 0.25) is 0 Å². The Balaban J connectivity index is 2.53. The largest absolute Gasteiger partial charge is 0.496 e. The topological polar surface area (TPSA) is 48.1 Å². The summed E-state index contributed by atoms with van der Waals surface area (Å²) in [7, 11) is 1.69. The van der Waals surface area contributed by atoms with Gasteiger partial charge in [0, 0.05) is 11.4 Å². The lowest BCUT2D eigenvalue weighted by molar-refractivity contribution is 0.416. The zero-order chi connectivity index (χ0) is 13.1. The van der Waals surface area contributed by atoms with Crippen LogP contribution in [0.25, 0.3) is 10.6 Å². The molecule has 1 heterocycles. The molecule has 0 bridgehead atoms. The Kier molecular flexibility index (Phi) is 3.99. The number of benzene rings is 1. The summed E-state index contributed by atoms with van der Waals surface area (Å²) in [5.41, 5.74) is 9.00. The molecule has 18 heavy (non-hydrogen) atoms. The van der Waals surface area contributed by atoms with E-state index in [1.54, 1.807) is 18.4 Å². The maximum Gasteiger partial charge on any atom is 0.129 e. The van der Waals surface area contributed by atoms with Gasteiger partial charge in [-0.3, -0.25) is 0 Å². The second-order valence-corrected chi connectivity index (χ2v) is 5.32. The average molecular weight is 262 g/mol. The number of hydrogen-bond donors (Lipinski definition) is 1. The van der Waals surface area contributed by atoms with Crippen LogP contribution in [0.1, 0.15) is 23.1 Å². The van der Waals surface area contributed by atoms with Crippen LogP contribution in [0.15, 0.2) is 18.2 Å². The minimum atomic E-state index is 0.484. The van der Waals surface area contributed by atoms with Gasteiger partial charge >= 0.3 is 0 Å². The van der Waals surface area contributed by atoms with E-state index in [0.717, 1.165) is 28.4 Å². The lowest BCUT2D eigenvalue weighted by Crippen LogP contribution is -1.98. The normalized spacial score (nSPS) is 10.7. The zero-order valence-corrected chi connectivity index (χ0v) is 11.8. The van der Waals surface area contributed by atoms with Gasteiger partial charge in [0.05, 0.1) is 18.4 Å². The van der Waals surface area contributed by atoms with Gasteiger partial charge in [0.15, 0.2) is 0 Å². The predicted molar refractivity (Wildman–Crippen MR) is 76.1 cm³/mol. The molecule has 2 aromatic rings. The van der Waals surface area contributed by atoms with Crippen molar-refractivity contribution in [3.8, 4) is 16.3 Å². The number of nitrogens with zero attached hydrogens (tertiary/aromatic N) is 1. The third kappa shape index (κ3) is 2.40. The summed E-state index contributed by atoms with van der Waals surface area (Å²) in [6.45, 7) is 4.68. The van der Waals surface area contributed by atoms with Gasteiger partial charge in [0.2, 0.25) is 0 Å². The van der Waals surface area contributed by atoms with Crippen LogP contribution in [0, 0.1) is 6.92 Å². The second kappa shape index (κ2) is 5.50. The van der Waals surface area contributed by atoms with Crippen LogP contribution in [0.5, 0.6) is 5.75 Å². The SMILES string of the molecule is CCc1ccc(OC)c(-c2nc(CN)c(C)s2)c1. The van der Waals surface area contributed by atoms with E-state index in [9.17, 15) is 0 Å². The predicted octanol–water partition coefficient (Wildman–Crippen LogP) is 3.15. The lowest BCUT2D eigenvalue weighted by atomic mass is 10.1. The molecule has 96 valence electrons. The number of aryl methyl sites for hydroxylation is 2. The number of thiazole rings is 1. The van der Waals surface area contributed by atoms with E-state index >= 15 is 0 Å². The third-order valence-electron chi connectivity index (χ3n) is 2.99. The van der Waals surface area contributed by atoms with Gasteiger partial charge < -0.3 is 10.5 Å². The molecule has 0 aliphatic rings. The van der Waals surface area contributed by atoms with Crippen molar-refractivity contribution < 1.29 is 4.74 Å². The van der Waals surface area contributed by atoms with Gasteiger partial charge in [0.1, 0.15) is 10.8 Å². The van der Waals surface area contributed by atoms with E-state index in [4.69, 9.17) is 10.5 Å². The monoisotopic (exact) mass is 262 g/mol. The molecule has 0 radical (unpaired) electrons. The highest BCUT2D eigenvalue weighted by atomic mass is 32.1. The molecular formula is C14H18N2OS. The standard InChI is InChI=1S/C14H18N2OS/c1-4-10-5-6-13(17-3)11(7-10)14-16-12(8-15)9(2)18-14/h5-7H,4,8,15H2,1-3H3. The number of hydrogen-bond acceptors (Lipinski definition) is 4. The highest BCUT2D eigenvalue weighted by molar-refractivity contribution is 7.15. The summed E-state index contributed by atoms with van der Waals surface area (Å²) in [6, 6.07) is 6.25. The number of ether oxygens (including phenoxy) is 1. The first-order valence-corrected chi connectivity index (χ1v) is 6.84. The van der Waals surface area contributed by atoms with Gasteiger partial charge in [-0.15, -0.1) is 11.3 Å². The minimum Gasteiger partial charge on any atom is -0.496 e. The smallest absolute Gasteiger partial charge is 0.129 e. The Hall–Kier alpha value is -1.39. The maximum atomic E-state index is 5.68. The van der Waals surface area contributed by atoms with E-state index < -0.39 is 0 Å². The number of aromatic nitrogens is 1. The molecule has 2 N–H and O–H groups in total. The fourth-order valence-corrected chi connectivity index (χ4v) is 2.84. The first kappa shape index (κ1) is 13.1. The number of nitrogens with two attached hydrogens (primary N) is 1. The van der Waals surface area contributed by atoms with Crippen molar-refractivity contribution in [3.63, 3.8) is 0 Å². The Morgan fingerprint density at radius 3 is 2.72 bits per heavy atom. The fraction of sp³-hybridized carbons (Fsp3) is 0.357. The van der Waals surface area contributed by atoms with Crippen molar-refractivity contribution in [2.24, 2.45) is 5.73 Å². The van der Waals surface area contributed by atoms with Crippen LogP contribution in [-0.2, 0) is 13.0 Å². The average Bonchev–Trinajstić information content (AvgIpc) is 2.79. The van der Waals surface area contributed by atoms with Crippen LogP contribution in [0.3, 0.4) is 0 Å². The summed E-state index contributed by atoms with van der Waals surface area (Å²) in [4.78, 5) is 5.77. The van der Waals surface area contributed by atoms with Crippen LogP contribution >= 0.6 is 11.3 Å². The van der Waals surface area contributed by atoms with E-state index in [1.807, 2.05) is 6.07 Å². The lowest BCUT2D eigenvalue weighted by Gasteiger charge is -2.07. The van der Waals surface area contributed by atoms with Crippen molar-refractivity contribution in [3.05, 3.63) is 34.3 Å². The summed E-state index contributed by atoms with van der Waals surface area (Å²) >= 11 is 1.67. The number of rotatable bonds is 4. The highest BCUT2D eigenvalue weighted by Crippen LogP contribution is 2.35. The van der Waals surface area contributed by atoms with Gasteiger partial charge in [-0.1, -0.05) is 13.0 Å². The highest BCUT2D eigenvalue weighted by Gasteiger charge is 2.13. The molecular weight excluding hydrogens is 244 g/mol. The summed E-state index contributed by atoms with van der Waals surface area (Å²) in [5, 5.41) is 0.986. The fourth-order valence-electron chi connectivity index (χ4n) is 1.87. The molecule has 0 aliphatic heterocycles. The minimum absolute atomic E-state index is 0.484. The van der Waals surface area contributed by atoms with E-state index in [1.165, 1.54) is 10.4 Å². The molecule has 0 saturated carbocycles. The molecule has 0 aliphatic carbocycles. The molecule has 2 rings (SSSR count). The van der Waals surface area contributed by atoms with Gasteiger partial charge in [-0.05, 0) is 31.0 Å². The number of methoxy groups -OCH3 is 1.